The van der Waals surface area contributed by atoms with Crippen LogP contribution in [0.25, 0.3) is 11.2 Å². The summed E-state index contributed by atoms with van der Waals surface area (Å²) < 4.78 is 0. The molecule has 8 heteroatoms. The van der Waals surface area contributed by atoms with Crippen LogP contribution in [0.3, 0.4) is 0 Å². The van der Waals surface area contributed by atoms with Gasteiger partial charge < -0.3 is 15.4 Å². The monoisotopic (exact) mass is 209 g/mol. The van der Waals surface area contributed by atoms with E-state index in [1.54, 1.807) is 0 Å². The first-order chi connectivity index (χ1) is 7.35. The Bertz CT molecular complexity index is 454. The molecule has 0 aliphatic carbocycles. The summed E-state index contributed by atoms with van der Waals surface area (Å²) in [7, 11) is 0. The highest BCUT2D eigenvalue weighted by Crippen LogP contribution is 2.17. The van der Waals surface area contributed by atoms with E-state index in [2.05, 4.69) is 30.7 Å². The summed E-state index contributed by atoms with van der Waals surface area (Å²) >= 11 is 0. The van der Waals surface area contributed by atoms with Gasteiger partial charge in [-0.3, -0.25) is 5.43 Å². The van der Waals surface area contributed by atoms with Crippen molar-refractivity contribution >= 4 is 22.9 Å². The zero-order valence-electron chi connectivity index (χ0n) is 7.86. The molecule has 0 fully saturated rings. The third-order valence-corrected chi connectivity index (χ3v) is 1.82. The molecule has 0 atom stereocenters. The number of anilines is 2. The van der Waals surface area contributed by atoms with Crippen LogP contribution in [0.1, 0.15) is 0 Å². The van der Waals surface area contributed by atoms with Gasteiger partial charge in [0.1, 0.15) is 5.52 Å². The summed E-state index contributed by atoms with van der Waals surface area (Å²) in [5.41, 5.74) is 3.54. The van der Waals surface area contributed by atoms with Gasteiger partial charge in [-0.2, -0.15) is 9.97 Å². The van der Waals surface area contributed by atoms with Crippen LogP contribution in [0.4, 0.5) is 11.8 Å². The molecule has 0 aromatic carbocycles. The van der Waals surface area contributed by atoms with Crippen LogP contribution in [0.5, 0.6) is 0 Å². The maximum absolute atomic E-state index is 8.70. The number of nitrogens with zero attached hydrogens (tertiary/aromatic N) is 3. The lowest BCUT2D eigenvalue weighted by Gasteiger charge is -2.05. The number of aromatic nitrogens is 4. The molecule has 80 valence electrons. The Morgan fingerprint density at radius 1 is 1.47 bits per heavy atom. The fourth-order valence-electron chi connectivity index (χ4n) is 1.20. The second kappa shape index (κ2) is 4.07. The molecule has 0 saturated carbocycles. The molecule has 0 unspecified atom stereocenters. The summed E-state index contributed by atoms with van der Waals surface area (Å²) in [6.07, 6.45) is 1.52. The molecule has 0 radical (unpaired) electrons. The molecule has 2 rings (SSSR count). The van der Waals surface area contributed by atoms with E-state index in [1.165, 1.54) is 6.33 Å². The lowest BCUT2D eigenvalue weighted by molar-refractivity contribution is 0.311. The quantitative estimate of drug-likeness (QED) is 0.324. The zero-order chi connectivity index (χ0) is 10.7. The topological polar surface area (TPSA) is 125 Å². The van der Waals surface area contributed by atoms with Crippen molar-refractivity contribution in [2.45, 2.75) is 0 Å². The Balaban J connectivity index is 2.43. The molecule has 2 aromatic rings. The molecule has 0 bridgehead atoms. The molecule has 2 heterocycles. The normalized spacial score (nSPS) is 10.5. The Kier molecular flexibility index (Phi) is 2.61. The van der Waals surface area contributed by atoms with Gasteiger partial charge in [0.2, 0.25) is 5.95 Å². The van der Waals surface area contributed by atoms with Gasteiger partial charge in [0.15, 0.2) is 11.5 Å². The van der Waals surface area contributed by atoms with Gasteiger partial charge in [0.25, 0.3) is 0 Å². The van der Waals surface area contributed by atoms with Crippen molar-refractivity contribution in [1.82, 2.24) is 19.9 Å². The van der Waals surface area contributed by atoms with Crippen LogP contribution in [-0.4, -0.2) is 38.2 Å². The molecule has 0 amide bonds. The first-order valence-electron chi connectivity index (χ1n) is 4.37. The summed E-state index contributed by atoms with van der Waals surface area (Å²) in [5, 5.41) is 11.6. The molecule has 0 aliphatic rings. The molecular formula is C7H11N7O. The highest BCUT2D eigenvalue weighted by Gasteiger charge is 2.08. The summed E-state index contributed by atoms with van der Waals surface area (Å²) in [5.74, 6) is 6.05. The molecule has 0 spiro atoms. The Morgan fingerprint density at radius 3 is 3.07 bits per heavy atom. The third-order valence-electron chi connectivity index (χ3n) is 1.82. The highest BCUT2D eigenvalue weighted by molar-refractivity contribution is 5.83. The molecule has 8 nitrogen and oxygen atoms in total. The number of imidazole rings is 1. The molecule has 0 aliphatic heterocycles. The van der Waals surface area contributed by atoms with Crippen LogP contribution in [0.2, 0.25) is 0 Å². The van der Waals surface area contributed by atoms with Gasteiger partial charge in [-0.1, -0.05) is 0 Å². The number of nitrogens with one attached hydrogen (secondary N) is 3. The number of fused-ring (bicyclic) bond motifs is 1. The van der Waals surface area contributed by atoms with E-state index in [0.717, 1.165) is 0 Å². The minimum atomic E-state index is 0.0189. The highest BCUT2D eigenvalue weighted by atomic mass is 16.3. The van der Waals surface area contributed by atoms with E-state index in [0.29, 0.717) is 23.5 Å². The maximum atomic E-state index is 8.70. The lowest BCUT2D eigenvalue weighted by Crippen LogP contribution is -2.13. The standard InChI is InChI=1S/C7H11N7O/c8-14-7-12-5(9-1-2-15)4-6(13-7)11-3-10-4/h3,15H,1-2,8H2,(H3,9,10,11,12,13,14). The minimum absolute atomic E-state index is 0.0189. The summed E-state index contributed by atoms with van der Waals surface area (Å²) in [6.45, 7) is 0.417. The summed E-state index contributed by atoms with van der Waals surface area (Å²) in [6, 6.07) is 0. The van der Waals surface area contributed by atoms with Gasteiger partial charge >= 0.3 is 0 Å². The van der Waals surface area contributed by atoms with Gasteiger partial charge in [0.05, 0.1) is 12.9 Å². The number of aliphatic hydroxyl groups is 1. The second-order valence-corrected chi connectivity index (χ2v) is 2.79. The predicted molar refractivity (Wildman–Crippen MR) is 55.1 cm³/mol. The van der Waals surface area contributed by atoms with Crippen LogP contribution >= 0.6 is 0 Å². The second-order valence-electron chi connectivity index (χ2n) is 2.79. The molecule has 0 saturated heterocycles. The number of aliphatic hydroxyl groups excluding tert-OH is 1. The average Bonchev–Trinajstić information content (AvgIpc) is 2.73. The van der Waals surface area contributed by atoms with E-state index >= 15 is 0 Å². The fourth-order valence-corrected chi connectivity index (χ4v) is 1.20. The zero-order valence-corrected chi connectivity index (χ0v) is 7.86. The maximum Gasteiger partial charge on any atom is 0.241 e. The third kappa shape index (κ3) is 1.80. The van der Waals surface area contributed by atoms with Crippen molar-refractivity contribution in [1.29, 1.82) is 0 Å². The summed E-state index contributed by atoms with van der Waals surface area (Å²) in [4.78, 5) is 15.0. The van der Waals surface area contributed by atoms with Crippen molar-refractivity contribution < 1.29 is 5.11 Å². The van der Waals surface area contributed by atoms with Crippen molar-refractivity contribution in [2.75, 3.05) is 23.9 Å². The van der Waals surface area contributed by atoms with Crippen LogP contribution in [-0.2, 0) is 0 Å². The van der Waals surface area contributed by atoms with E-state index < -0.39 is 0 Å². The number of nitrogen functional groups attached to an aromatic ring is 1. The van der Waals surface area contributed by atoms with Crippen molar-refractivity contribution in [3.8, 4) is 0 Å². The van der Waals surface area contributed by atoms with E-state index in [4.69, 9.17) is 10.9 Å². The van der Waals surface area contributed by atoms with Crippen LogP contribution in [0.15, 0.2) is 6.33 Å². The fraction of sp³-hybridized carbons (Fsp3) is 0.286. The van der Waals surface area contributed by atoms with E-state index in [9.17, 15) is 0 Å². The average molecular weight is 209 g/mol. The lowest BCUT2D eigenvalue weighted by atomic mass is 10.5. The Labute approximate surface area is 84.9 Å². The van der Waals surface area contributed by atoms with Crippen molar-refractivity contribution in [3.63, 3.8) is 0 Å². The Morgan fingerprint density at radius 2 is 2.33 bits per heavy atom. The van der Waals surface area contributed by atoms with Gasteiger partial charge in [-0.25, -0.2) is 10.8 Å². The predicted octanol–water partition coefficient (Wildman–Crippen LogP) is -0.957. The van der Waals surface area contributed by atoms with Gasteiger partial charge in [0, 0.05) is 6.54 Å². The molecule has 15 heavy (non-hydrogen) atoms. The van der Waals surface area contributed by atoms with E-state index in [1.807, 2.05) is 0 Å². The number of hydrogen-bond donors (Lipinski definition) is 5. The molecular weight excluding hydrogens is 198 g/mol. The number of aromatic amines is 1. The van der Waals surface area contributed by atoms with Crippen LogP contribution < -0.4 is 16.6 Å². The number of hydrogen-bond acceptors (Lipinski definition) is 7. The largest absolute Gasteiger partial charge is 0.395 e. The SMILES string of the molecule is NNc1nc(NCCO)c2[nH]cnc2n1. The number of rotatable bonds is 4. The first kappa shape index (κ1) is 9.62. The molecule has 2 aromatic heterocycles. The minimum Gasteiger partial charge on any atom is -0.395 e. The van der Waals surface area contributed by atoms with Gasteiger partial charge in [-0.15, -0.1) is 0 Å². The molecule has 6 N–H and O–H groups in total. The first-order valence-corrected chi connectivity index (χ1v) is 4.37. The van der Waals surface area contributed by atoms with E-state index in [-0.39, 0.29) is 12.6 Å². The van der Waals surface area contributed by atoms with Crippen molar-refractivity contribution in [3.05, 3.63) is 6.33 Å². The smallest absolute Gasteiger partial charge is 0.241 e. The van der Waals surface area contributed by atoms with Crippen molar-refractivity contribution in [2.24, 2.45) is 5.84 Å². The number of hydrazine groups is 1. The number of H-pyrrole nitrogens is 1. The Hall–Kier alpha value is -1.93. The number of nitrogens with two attached hydrogens (primary N) is 1. The van der Waals surface area contributed by atoms with Gasteiger partial charge in [-0.05, 0) is 0 Å². The van der Waals surface area contributed by atoms with Crippen LogP contribution in [0, 0.1) is 0 Å².